The van der Waals surface area contributed by atoms with Crippen LogP contribution >= 0.6 is 0 Å². The molecule has 2 heterocycles. The van der Waals surface area contributed by atoms with E-state index < -0.39 is 9.84 Å². The van der Waals surface area contributed by atoms with Gasteiger partial charge >= 0.3 is 0 Å². The van der Waals surface area contributed by atoms with Crippen molar-refractivity contribution in [1.29, 1.82) is 0 Å². The van der Waals surface area contributed by atoms with Crippen molar-refractivity contribution >= 4 is 15.7 Å². The Hall–Kier alpha value is -1.80. The molecule has 1 saturated heterocycles. The summed E-state index contributed by atoms with van der Waals surface area (Å²) in [6, 6.07) is 6.09. The Kier molecular flexibility index (Phi) is 7.99. The Morgan fingerprint density at radius 1 is 1.07 bits per heavy atom. The number of amides is 1. The van der Waals surface area contributed by atoms with Crippen LogP contribution in [0.1, 0.15) is 38.2 Å². The number of hydrogen-bond acceptors (Lipinski definition) is 6. The molecule has 0 saturated carbocycles. The van der Waals surface area contributed by atoms with Crippen LogP contribution in [0, 0.1) is 5.92 Å². The van der Waals surface area contributed by atoms with E-state index in [4.69, 9.17) is 9.47 Å². The number of benzene rings is 1. The lowest BCUT2D eigenvalue weighted by molar-refractivity contribution is -0.137. The van der Waals surface area contributed by atoms with Crippen molar-refractivity contribution in [2.45, 2.75) is 39.2 Å². The number of piperazine rings is 1. The maximum atomic E-state index is 13.0. The molecule has 1 fully saturated rings. The average molecular weight is 439 g/mol. The van der Waals surface area contributed by atoms with Gasteiger partial charge in [-0.05, 0) is 37.0 Å². The van der Waals surface area contributed by atoms with Gasteiger partial charge in [0.1, 0.15) is 23.1 Å². The predicted molar refractivity (Wildman–Crippen MR) is 117 cm³/mol. The van der Waals surface area contributed by atoms with Crippen LogP contribution in [0.15, 0.2) is 18.2 Å². The third-order valence-corrected chi connectivity index (χ3v) is 6.78. The fraction of sp³-hybridized carbons (Fsp3) is 0.682. The van der Waals surface area contributed by atoms with Gasteiger partial charge in [0.15, 0.2) is 11.5 Å². The van der Waals surface area contributed by atoms with E-state index in [1.54, 1.807) is 0 Å². The van der Waals surface area contributed by atoms with Gasteiger partial charge in [0.05, 0.1) is 0 Å². The fourth-order valence-corrected chi connectivity index (χ4v) is 4.85. The van der Waals surface area contributed by atoms with Gasteiger partial charge in [-0.2, -0.15) is 0 Å². The van der Waals surface area contributed by atoms with E-state index in [1.165, 1.54) is 11.8 Å². The predicted octanol–water partition coefficient (Wildman–Crippen LogP) is 2.34. The number of carbonyl (C=O) groups is 1. The minimum absolute atomic E-state index is 0.0684. The van der Waals surface area contributed by atoms with E-state index in [2.05, 4.69) is 17.9 Å². The molecule has 7 nitrogen and oxygen atoms in total. The summed E-state index contributed by atoms with van der Waals surface area (Å²) in [5.41, 5.74) is 1.18. The monoisotopic (exact) mass is 438 g/mol. The molecular formula is C22H34N2O5S. The Morgan fingerprint density at radius 3 is 2.43 bits per heavy atom. The summed E-state index contributed by atoms with van der Waals surface area (Å²) in [6.07, 6.45) is 4.21. The van der Waals surface area contributed by atoms with Crippen LogP contribution in [0.2, 0.25) is 0 Å². The molecule has 2 aliphatic rings. The molecule has 1 unspecified atom stereocenters. The minimum Gasteiger partial charge on any atom is -0.486 e. The lowest BCUT2D eigenvalue weighted by Crippen LogP contribution is -2.50. The molecule has 168 valence electrons. The molecule has 0 N–H and O–H groups in total. The lowest BCUT2D eigenvalue weighted by Gasteiger charge is -2.36. The molecule has 1 aromatic rings. The smallest absolute Gasteiger partial charge is 0.225 e. The molecule has 0 bridgehead atoms. The molecule has 0 radical (unpaired) electrons. The van der Waals surface area contributed by atoms with E-state index in [-0.39, 0.29) is 17.6 Å². The van der Waals surface area contributed by atoms with Crippen molar-refractivity contribution in [3.63, 3.8) is 0 Å². The highest BCUT2D eigenvalue weighted by atomic mass is 32.2. The molecule has 3 rings (SSSR count). The third kappa shape index (κ3) is 6.60. The molecule has 1 atom stereocenters. The zero-order valence-corrected chi connectivity index (χ0v) is 19.0. The van der Waals surface area contributed by atoms with Crippen molar-refractivity contribution in [3.8, 4) is 11.5 Å². The molecule has 2 aliphatic heterocycles. The highest BCUT2D eigenvalue weighted by Gasteiger charge is 2.27. The zero-order chi connectivity index (χ0) is 21.6. The maximum absolute atomic E-state index is 13.0. The molecular weight excluding hydrogens is 404 g/mol. The maximum Gasteiger partial charge on any atom is 0.225 e. The second-order valence-corrected chi connectivity index (χ2v) is 10.6. The number of nitrogens with zero attached hydrogens (tertiary/aromatic N) is 2. The molecule has 0 aliphatic carbocycles. The zero-order valence-electron chi connectivity index (χ0n) is 18.1. The van der Waals surface area contributed by atoms with Crippen LogP contribution in [0.4, 0.5) is 0 Å². The number of sulfone groups is 1. The molecule has 8 heteroatoms. The summed E-state index contributed by atoms with van der Waals surface area (Å²) < 4.78 is 34.0. The van der Waals surface area contributed by atoms with Crippen LogP contribution in [0.5, 0.6) is 11.5 Å². The quantitative estimate of drug-likeness (QED) is 0.589. The van der Waals surface area contributed by atoms with E-state index >= 15 is 0 Å². The van der Waals surface area contributed by atoms with Crippen molar-refractivity contribution < 1.29 is 22.7 Å². The van der Waals surface area contributed by atoms with Crippen molar-refractivity contribution in [1.82, 2.24) is 9.80 Å². The van der Waals surface area contributed by atoms with Crippen molar-refractivity contribution in [2.24, 2.45) is 5.92 Å². The Labute approximate surface area is 180 Å². The number of carbonyl (C=O) groups excluding carboxylic acids is 1. The molecule has 1 amide bonds. The number of rotatable bonds is 9. The van der Waals surface area contributed by atoms with Crippen LogP contribution in [-0.4, -0.2) is 75.5 Å². The van der Waals surface area contributed by atoms with Gasteiger partial charge in [-0.1, -0.05) is 19.4 Å². The topological polar surface area (TPSA) is 76.2 Å². The van der Waals surface area contributed by atoms with E-state index in [9.17, 15) is 13.2 Å². The normalized spacial score (nSPS) is 18.3. The van der Waals surface area contributed by atoms with Crippen LogP contribution in [-0.2, 0) is 21.2 Å². The average Bonchev–Trinajstić information content (AvgIpc) is 2.72. The van der Waals surface area contributed by atoms with E-state index in [1.807, 2.05) is 17.0 Å². The number of ether oxygens (including phenoxy) is 2. The molecule has 30 heavy (non-hydrogen) atoms. The highest BCUT2D eigenvalue weighted by Crippen LogP contribution is 2.31. The SMILES string of the molecule is CCCC(CCCS(C)(=O)=O)C(=O)N1CCN(Cc2ccc3c(c2)OCCO3)CC1. The minimum atomic E-state index is -2.98. The fourth-order valence-electron chi connectivity index (χ4n) is 4.16. The van der Waals surface area contributed by atoms with Gasteiger partial charge in [-0.25, -0.2) is 8.42 Å². The summed E-state index contributed by atoms with van der Waals surface area (Å²) >= 11 is 0. The largest absolute Gasteiger partial charge is 0.486 e. The van der Waals surface area contributed by atoms with Crippen LogP contribution < -0.4 is 9.47 Å². The summed E-state index contributed by atoms with van der Waals surface area (Å²) in [4.78, 5) is 17.3. The number of hydrogen-bond donors (Lipinski definition) is 0. The lowest BCUT2D eigenvalue weighted by atomic mass is 9.96. The first-order valence-electron chi connectivity index (χ1n) is 10.9. The second kappa shape index (κ2) is 10.5. The first-order chi connectivity index (χ1) is 14.4. The summed E-state index contributed by atoms with van der Waals surface area (Å²) in [7, 11) is -2.98. The van der Waals surface area contributed by atoms with Crippen molar-refractivity contribution in [2.75, 3.05) is 51.4 Å². The van der Waals surface area contributed by atoms with Gasteiger partial charge in [0, 0.05) is 50.7 Å². The Balaban J connectivity index is 1.49. The third-order valence-electron chi connectivity index (χ3n) is 5.75. The molecule has 0 spiro atoms. The first-order valence-corrected chi connectivity index (χ1v) is 13.0. The van der Waals surface area contributed by atoms with Crippen molar-refractivity contribution in [3.05, 3.63) is 23.8 Å². The van der Waals surface area contributed by atoms with Gasteiger partial charge in [-0.3, -0.25) is 9.69 Å². The summed E-state index contributed by atoms with van der Waals surface area (Å²) in [6.45, 7) is 7.18. The second-order valence-electron chi connectivity index (χ2n) is 8.34. The van der Waals surface area contributed by atoms with Gasteiger partial charge in [0.2, 0.25) is 5.91 Å². The Bertz CT molecular complexity index is 819. The highest BCUT2D eigenvalue weighted by molar-refractivity contribution is 7.90. The molecule has 1 aromatic carbocycles. The van der Waals surface area contributed by atoms with Gasteiger partial charge < -0.3 is 14.4 Å². The van der Waals surface area contributed by atoms with E-state index in [0.717, 1.165) is 57.1 Å². The van der Waals surface area contributed by atoms with E-state index in [0.29, 0.717) is 26.1 Å². The summed E-state index contributed by atoms with van der Waals surface area (Å²) in [5.74, 6) is 1.89. The summed E-state index contributed by atoms with van der Waals surface area (Å²) in [5, 5.41) is 0. The first kappa shape index (κ1) is 22.9. The van der Waals surface area contributed by atoms with Gasteiger partial charge in [0.25, 0.3) is 0 Å². The number of fused-ring (bicyclic) bond motifs is 1. The van der Waals surface area contributed by atoms with Gasteiger partial charge in [-0.15, -0.1) is 0 Å². The van der Waals surface area contributed by atoms with Crippen LogP contribution in [0.3, 0.4) is 0 Å². The molecule has 0 aromatic heterocycles. The van der Waals surface area contributed by atoms with Crippen LogP contribution in [0.25, 0.3) is 0 Å². The standard InChI is InChI=1S/C22H34N2O5S/c1-3-5-19(6-4-15-30(2,26)27)22(25)24-11-9-23(10-12-24)17-18-7-8-20-21(16-18)29-14-13-28-20/h7-8,16,19H,3-6,9-15,17H2,1-2H3. The Morgan fingerprint density at radius 2 is 1.77 bits per heavy atom.